The second-order valence-corrected chi connectivity index (χ2v) is 8.17. The average molecular weight is 466 g/mol. The van der Waals surface area contributed by atoms with E-state index >= 15 is 0 Å². The van der Waals surface area contributed by atoms with Gasteiger partial charge in [-0.3, -0.25) is 4.90 Å². The molecule has 1 fully saturated rings. The number of para-hydroxylation sites is 1. The smallest absolute Gasteiger partial charge is 0.203 e. The fraction of sp³-hybridized carbons (Fsp3) is 0.500. The quantitative estimate of drug-likeness (QED) is 0.511. The second-order valence-electron chi connectivity index (χ2n) is 7.76. The van der Waals surface area contributed by atoms with Crippen LogP contribution < -0.4 is 18.9 Å². The van der Waals surface area contributed by atoms with E-state index in [1.165, 1.54) is 0 Å². The SMILES string of the molecule is COc1cc(CN(CC(O)COc2ccccc2Cl)CC2CCCO2)cc(OC)c1OC. The summed E-state index contributed by atoms with van der Waals surface area (Å²) in [7, 11) is 4.78. The summed E-state index contributed by atoms with van der Waals surface area (Å²) in [5.74, 6) is 2.31. The normalized spacial score (nSPS) is 16.8. The maximum absolute atomic E-state index is 10.7. The number of rotatable bonds is 12. The minimum Gasteiger partial charge on any atom is -0.493 e. The number of hydrogen-bond acceptors (Lipinski definition) is 7. The molecule has 2 atom stereocenters. The molecule has 0 bridgehead atoms. The van der Waals surface area contributed by atoms with Crippen LogP contribution >= 0.6 is 11.6 Å². The summed E-state index contributed by atoms with van der Waals surface area (Å²) in [6, 6.07) is 11.1. The van der Waals surface area contributed by atoms with Gasteiger partial charge in [0, 0.05) is 26.2 Å². The molecule has 0 saturated carbocycles. The first-order chi connectivity index (χ1) is 15.5. The van der Waals surface area contributed by atoms with Gasteiger partial charge in [0.1, 0.15) is 18.5 Å². The third-order valence-electron chi connectivity index (χ3n) is 5.35. The summed E-state index contributed by atoms with van der Waals surface area (Å²) < 4.78 is 28.0. The third kappa shape index (κ3) is 6.65. The van der Waals surface area contributed by atoms with Crippen LogP contribution in [0.5, 0.6) is 23.0 Å². The van der Waals surface area contributed by atoms with E-state index in [1.54, 1.807) is 33.5 Å². The van der Waals surface area contributed by atoms with Crippen molar-refractivity contribution in [3.8, 4) is 23.0 Å². The molecule has 3 rings (SSSR count). The Morgan fingerprint density at radius 1 is 1.09 bits per heavy atom. The van der Waals surface area contributed by atoms with Crippen LogP contribution in [0, 0.1) is 0 Å². The Bertz CT molecular complexity index is 833. The van der Waals surface area contributed by atoms with Crippen molar-refractivity contribution in [3.05, 3.63) is 47.0 Å². The molecule has 0 amide bonds. The molecule has 8 heteroatoms. The Balaban J connectivity index is 1.70. The zero-order chi connectivity index (χ0) is 22.9. The van der Waals surface area contributed by atoms with E-state index in [1.807, 2.05) is 24.3 Å². The number of benzene rings is 2. The van der Waals surface area contributed by atoms with Crippen molar-refractivity contribution < 1.29 is 28.8 Å². The maximum Gasteiger partial charge on any atom is 0.203 e. The summed E-state index contributed by atoms with van der Waals surface area (Å²) in [6.45, 7) is 2.63. The lowest BCUT2D eigenvalue weighted by atomic mass is 10.1. The molecule has 7 nitrogen and oxygen atoms in total. The molecule has 1 N–H and O–H groups in total. The Kier molecular flexibility index (Phi) is 9.29. The van der Waals surface area contributed by atoms with Crippen molar-refractivity contribution >= 4 is 11.6 Å². The Labute approximate surface area is 194 Å². The van der Waals surface area contributed by atoms with E-state index in [4.69, 9.17) is 35.3 Å². The van der Waals surface area contributed by atoms with Crippen LogP contribution in [0.3, 0.4) is 0 Å². The van der Waals surface area contributed by atoms with Gasteiger partial charge in [0.25, 0.3) is 0 Å². The van der Waals surface area contributed by atoms with Gasteiger partial charge < -0.3 is 28.8 Å². The lowest BCUT2D eigenvalue weighted by Crippen LogP contribution is -2.39. The number of aliphatic hydroxyl groups is 1. The topological polar surface area (TPSA) is 69.6 Å². The van der Waals surface area contributed by atoms with Gasteiger partial charge in [0.05, 0.1) is 32.5 Å². The van der Waals surface area contributed by atoms with Crippen molar-refractivity contribution in [1.82, 2.24) is 4.90 Å². The number of hydrogen-bond donors (Lipinski definition) is 1. The summed E-state index contributed by atoms with van der Waals surface area (Å²) in [5, 5.41) is 11.2. The molecule has 1 aliphatic rings. The number of nitrogens with zero attached hydrogens (tertiary/aromatic N) is 1. The van der Waals surface area contributed by atoms with Crippen molar-refractivity contribution in [2.24, 2.45) is 0 Å². The maximum atomic E-state index is 10.7. The number of ether oxygens (including phenoxy) is 5. The fourth-order valence-corrected chi connectivity index (χ4v) is 4.05. The van der Waals surface area contributed by atoms with Gasteiger partial charge in [-0.25, -0.2) is 0 Å². The van der Waals surface area contributed by atoms with Gasteiger partial charge in [0.15, 0.2) is 11.5 Å². The monoisotopic (exact) mass is 465 g/mol. The fourth-order valence-electron chi connectivity index (χ4n) is 3.86. The summed E-state index contributed by atoms with van der Waals surface area (Å²) in [5.41, 5.74) is 0.983. The molecule has 32 heavy (non-hydrogen) atoms. The molecule has 0 spiro atoms. The highest BCUT2D eigenvalue weighted by Gasteiger charge is 2.23. The highest BCUT2D eigenvalue weighted by molar-refractivity contribution is 6.32. The first-order valence-corrected chi connectivity index (χ1v) is 11.1. The molecule has 0 aliphatic carbocycles. The highest BCUT2D eigenvalue weighted by atomic mass is 35.5. The number of aliphatic hydroxyl groups excluding tert-OH is 1. The van der Waals surface area contributed by atoms with Gasteiger partial charge in [0.2, 0.25) is 5.75 Å². The van der Waals surface area contributed by atoms with E-state index < -0.39 is 6.10 Å². The standard InChI is InChI=1S/C24H32ClNO6/c1-28-22-11-17(12-23(29-2)24(22)30-3)13-26(15-19-7-6-10-31-19)14-18(27)16-32-21-9-5-4-8-20(21)25/h4-5,8-9,11-12,18-19,27H,6-7,10,13-16H2,1-3H3. The Morgan fingerprint density at radius 3 is 2.41 bits per heavy atom. The lowest BCUT2D eigenvalue weighted by molar-refractivity contribution is 0.0313. The van der Waals surface area contributed by atoms with Gasteiger partial charge in [-0.15, -0.1) is 0 Å². The molecule has 0 aromatic heterocycles. The molecular formula is C24H32ClNO6. The molecule has 2 aromatic rings. The predicted molar refractivity (Wildman–Crippen MR) is 123 cm³/mol. The van der Waals surface area contributed by atoms with E-state index in [0.717, 1.165) is 25.0 Å². The lowest BCUT2D eigenvalue weighted by Gasteiger charge is -2.28. The number of halogens is 1. The summed E-state index contributed by atoms with van der Waals surface area (Å²) in [6.07, 6.45) is 1.52. The molecule has 1 heterocycles. The van der Waals surface area contributed by atoms with E-state index in [-0.39, 0.29) is 12.7 Å². The summed E-state index contributed by atoms with van der Waals surface area (Å²) in [4.78, 5) is 2.16. The zero-order valence-corrected chi connectivity index (χ0v) is 19.6. The van der Waals surface area contributed by atoms with E-state index in [2.05, 4.69) is 4.90 Å². The second kappa shape index (κ2) is 12.2. The van der Waals surface area contributed by atoms with Crippen LogP contribution in [-0.4, -0.2) is 69.8 Å². The van der Waals surface area contributed by atoms with Crippen molar-refractivity contribution in [2.75, 3.05) is 47.6 Å². The third-order valence-corrected chi connectivity index (χ3v) is 5.67. The van der Waals surface area contributed by atoms with Crippen LogP contribution in [0.25, 0.3) is 0 Å². The first kappa shape index (κ1) is 24.5. The molecule has 1 saturated heterocycles. The molecule has 2 unspecified atom stereocenters. The molecule has 0 radical (unpaired) electrons. The van der Waals surface area contributed by atoms with Gasteiger partial charge >= 0.3 is 0 Å². The van der Waals surface area contributed by atoms with Crippen LogP contribution in [0.2, 0.25) is 5.02 Å². The van der Waals surface area contributed by atoms with Crippen LogP contribution in [0.4, 0.5) is 0 Å². The molecular weight excluding hydrogens is 434 g/mol. The van der Waals surface area contributed by atoms with Crippen LogP contribution in [-0.2, 0) is 11.3 Å². The molecule has 176 valence electrons. The molecule has 2 aromatic carbocycles. The average Bonchev–Trinajstić information content (AvgIpc) is 3.30. The predicted octanol–water partition coefficient (Wildman–Crippen LogP) is 3.79. The van der Waals surface area contributed by atoms with Crippen molar-refractivity contribution in [1.29, 1.82) is 0 Å². The first-order valence-electron chi connectivity index (χ1n) is 10.7. The summed E-state index contributed by atoms with van der Waals surface area (Å²) >= 11 is 6.15. The minimum atomic E-state index is -0.699. The number of methoxy groups -OCH3 is 3. The van der Waals surface area contributed by atoms with E-state index in [0.29, 0.717) is 47.7 Å². The minimum absolute atomic E-state index is 0.140. The van der Waals surface area contributed by atoms with Crippen molar-refractivity contribution in [3.63, 3.8) is 0 Å². The Morgan fingerprint density at radius 2 is 1.81 bits per heavy atom. The van der Waals surface area contributed by atoms with Crippen LogP contribution in [0.15, 0.2) is 36.4 Å². The van der Waals surface area contributed by atoms with E-state index in [9.17, 15) is 5.11 Å². The van der Waals surface area contributed by atoms with Crippen LogP contribution in [0.1, 0.15) is 18.4 Å². The largest absolute Gasteiger partial charge is 0.493 e. The van der Waals surface area contributed by atoms with Gasteiger partial charge in [-0.05, 0) is 42.7 Å². The van der Waals surface area contributed by atoms with Crippen molar-refractivity contribution in [2.45, 2.75) is 31.6 Å². The molecule has 1 aliphatic heterocycles. The van der Waals surface area contributed by atoms with Gasteiger partial charge in [-0.1, -0.05) is 23.7 Å². The highest BCUT2D eigenvalue weighted by Crippen LogP contribution is 2.38. The zero-order valence-electron chi connectivity index (χ0n) is 18.9. The van der Waals surface area contributed by atoms with Gasteiger partial charge in [-0.2, -0.15) is 0 Å². The Hall–Kier alpha value is -2.19.